The highest BCUT2D eigenvalue weighted by molar-refractivity contribution is 7.16. The van der Waals surface area contributed by atoms with Crippen LogP contribution in [0, 0.1) is 0 Å². The summed E-state index contributed by atoms with van der Waals surface area (Å²) in [5.74, 6) is -0.0450. The van der Waals surface area contributed by atoms with Gasteiger partial charge in [-0.25, -0.2) is 0 Å². The van der Waals surface area contributed by atoms with Gasteiger partial charge in [0.1, 0.15) is 0 Å². The van der Waals surface area contributed by atoms with Gasteiger partial charge in [0, 0.05) is 34.7 Å². The lowest BCUT2D eigenvalue weighted by atomic mass is 10.1. The normalized spacial score (nSPS) is 11.0. The molecule has 3 N–H and O–H groups in total. The summed E-state index contributed by atoms with van der Waals surface area (Å²) in [6.07, 6.45) is 1.73. The van der Waals surface area contributed by atoms with Crippen LogP contribution in [-0.4, -0.2) is 22.8 Å². The minimum absolute atomic E-state index is 0.0450. The average Bonchev–Trinajstić information content (AvgIpc) is 3.04. The Morgan fingerprint density at radius 1 is 1.38 bits per heavy atom. The molecule has 0 fully saturated rings. The Balaban J connectivity index is 1.87. The molecule has 4 nitrogen and oxygen atoms in total. The average molecular weight is 320 g/mol. The zero-order chi connectivity index (χ0) is 15.0. The maximum Gasteiger partial charge on any atom is 0.256 e. The number of aromatic nitrogens is 1. The molecule has 0 saturated carbocycles. The number of hydrogen-bond donors (Lipinski definition) is 2. The number of halogens is 1. The van der Waals surface area contributed by atoms with Gasteiger partial charge >= 0.3 is 0 Å². The first-order valence-electron chi connectivity index (χ1n) is 6.41. The summed E-state index contributed by atoms with van der Waals surface area (Å²) < 4.78 is 0.728. The number of fused-ring (bicyclic) bond motifs is 1. The van der Waals surface area contributed by atoms with Crippen LogP contribution in [0.1, 0.15) is 15.2 Å². The number of benzene rings is 1. The maximum atomic E-state index is 12.6. The highest BCUT2D eigenvalue weighted by Gasteiger charge is 2.17. The number of thiophene rings is 1. The zero-order valence-electron chi connectivity index (χ0n) is 11.4. The first-order valence-corrected chi connectivity index (χ1v) is 7.60. The third-order valence-corrected chi connectivity index (χ3v) is 4.52. The number of aromatic amines is 1. The van der Waals surface area contributed by atoms with Crippen LogP contribution in [0.15, 0.2) is 36.5 Å². The van der Waals surface area contributed by atoms with Crippen LogP contribution in [-0.2, 0) is 6.54 Å². The summed E-state index contributed by atoms with van der Waals surface area (Å²) >= 11 is 7.40. The van der Waals surface area contributed by atoms with Crippen molar-refractivity contribution in [2.45, 2.75) is 6.54 Å². The molecule has 3 rings (SSSR count). The number of anilines is 1. The number of nitrogens with zero attached hydrogens (tertiary/aromatic N) is 1. The van der Waals surface area contributed by atoms with Crippen LogP contribution in [0.4, 0.5) is 5.69 Å². The maximum absolute atomic E-state index is 12.6. The molecular formula is C15H14ClN3OS. The smallest absolute Gasteiger partial charge is 0.256 e. The molecule has 0 atom stereocenters. The third-order valence-electron chi connectivity index (χ3n) is 3.30. The molecule has 2 aromatic heterocycles. The first kappa shape index (κ1) is 14.0. The predicted octanol–water partition coefficient (Wildman–Crippen LogP) is 3.74. The Labute approximate surface area is 131 Å². The fourth-order valence-electron chi connectivity index (χ4n) is 2.26. The number of carbonyl (C=O) groups is 1. The van der Waals surface area contributed by atoms with Gasteiger partial charge in [-0.15, -0.1) is 11.3 Å². The molecule has 6 heteroatoms. The lowest BCUT2D eigenvalue weighted by Gasteiger charge is -2.15. The van der Waals surface area contributed by atoms with Crippen molar-refractivity contribution in [3.63, 3.8) is 0 Å². The predicted molar refractivity (Wildman–Crippen MR) is 87.8 cm³/mol. The van der Waals surface area contributed by atoms with Crippen molar-refractivity contribution < 1.29 is 4.79 Å². The van der Waals surface area contributed by atoms with Crippen LogP contribution in [0.5, 0.6) is 0 Å². The lowest BCUT2D eigenvalue weighted by molar-refractivity contribution is 0.0788. The standard InChI is InChI=1S/C15H14ClN3OS/c1-19(8-10-3-5-14(16)21-10)15(20)12-7-18-13-4-2-9(17)6-11(12)13/h2-7,18H,8,17H2,1H3. The zero-order valence-corrected chi connectivity index (χ0v) is 13.0. The number of carbonyl (C=O) groups excluding carboxylic acids is 1. The van der Waals surface area contributed by atoms with Gasteiger partial charge in [-0.05, 0) is 30.3 Å². The number of rotatable bonds is 3. The molecule has 0 saturated heterocycles. The number of nitrogens with two attached hydrogens (primary N) is 1. The first-order chi connectivity index (χ1) is 10.0. The molecule has 0 aliphatic rings. The second kappa shape index (κ2) is 5.42. The Morgan fingerprint density at radius 2 is 2.19 bits per heavy atom. The molecule has 0 spiro atoms. The Morgan fingerprint density at radius 3 is 2.90 bits per heavy atom. The quantitative estimate of drug-likeness (QED) is 0.722. The topological polar surface area (TPSA) is 62.1 Å². The third kappa shape index (κ3) is 2.75. The molecule has 2 heterocycles. The minimum Gasteiger partial charge on any atom is -0.399 e. The summed E-state index contributed by atoms with van der Waals surface area (Å²) in [6, 6.07) is 9.27. The van der Waals surface area contributed by atoms with Gasteiger partial charge in [0.2, 0.25) is 0 Å². The number of hydrogen-bond acceptors (Lipinski definition) is 3. The largest absolute Gasteiger partial charge is 0.399 e. The Hall–Kier alpha value is -1.98. The summed E-state index contributed by atoms with van der Waals surface area (Å²) in [5.41, 5.74) is 7.98. The second-order valence-electron chi connectivity index (χ2n) is 4.87. The van der Waals surface area contributed by atoms with E-state index in [0.717, 1.165) is 20.1 Å². The van der Waals surface area contributed by atoms with Gasteiger partial charge in [-0.3, -0.25) is 4.79 Å². The van der Waals surface area contributed by atoms with Crippen LogP contribution >= 0.6 is 22.9 Å². The van der Waals surface area contributed by atoms with E-state index in [-0.39, 0.29) is 5.91 Å². The highest BCUT2D eigenvalue weighted by Crippen LogP contribution is 2.25. The lowest BCUT2D eigenvalue weighted by Crippen LogP contribution is -2.25. The molecule has 0 bridgehead atoms. The van der Waals surface area contributed by atoms with Crippen molar-refractivity contribution in [3.8, 4) is 0 Å². The van der Waals surface area contributed by atoms with Crippen molar-refractivity contribution in [2.24, 2.45) is 0 Å². The van der Waals surface area contributed by atoms with Gasteiger partial charge in [0.25, 0.3) is 5.91 Å². The van der Waals surface area contributed by atoms with Crippen LogP contribution < -0.4 is 5.73 Å². The number of nitrogen functional groups attached to an aromatic ring is 1. The van der Waals surface area contributed by atoms with Crippen LogP contribution in [0.2, 0.25) is 4.34 Å². The highest BCUT2D eigenvalue weighted by atomic mass is 35.5. The monoisotopic (exact) mass is 319 g/mol. The van der Waals surface area contributed by atoms with Gasteiger partial charge < -0.3 is 15.6 Å². The summed E-state index contributed by atoms with van der Waals surface area (Å²) in [4.78, 5) is 18.4. The van der Waals surface area contributed by atoms with E-state index in [1.54, 1.807) is 18.1 Å². The van der Waals surface area contributed by atoms with E-state index < -0.39 is 0 Å². The summed E-state index contributed by atoms with van der Waals surface area (Å²) in [6.45, 7) is 0.533. The van der Waals surface area contributed by atoms with Gasteiger partial charge in [0.05, 0.1) is 16.4 Å². The van der Waals surface area contributed by atoms with E-state index in [2.05, 4.69) is 4.98 Å². The molecule has 1 amide bonds. The van der Waals surface area contributed by atoms with Gasteiger partial charge in [-0.1, -0.05) is 11.6 Å². The Bertz CT molecular complexity index is 808. The van der Waals surface area contributed by atoms with E-state index in [1.165, 1.54) is 11.3 Å². The van der Waals surface area contributed by atoms with E-state index >= 15 is 0 Å². The van der Waals surface area contributed by atoms with Crippen molar-refractivity contribution >= 4 is 45.4 Å². The summed E-state index contributed by atoms with van der Waals surface area (Å²) in [5, 5.41) is 0.844. The van der Waals surface area contributed by atoms with Crippen molar-refractivity contribution in [2.75, 3.05) is 12.8 Å². The molecule has 0 aliphatic carbocycles. The molecule has 108 valence electrons. The summed E-state index contributed by atoms with van der Waals surface area (Å²) in [7, 11) is 1.78. The van der Waals surface area contributed by atoms with E-state index in [0.29, 0.717) is 17.8 Å². The molecule has 0 radical (unpaired) electrons. The molecular weight excluding hydrogens is 306 g/mol. The SMILES string of the molecule is CN(Cc1ccc(Cl)s1)C(=O)c1c[nH]c2ccc(N)cc12. The number of amides is 1. The van der Waals surface area contributed by atoms with Gasteiger partial charge in [-0.2, -0.15) is 0 Å². The van der Waals surface area contributed by atoms with Crippen molar-refractivity contribution in [1.82, 2.24) is 9.88 Å². The van der Waals surface area contributed by atoms with Crippen LogP contribution in [0.3, 0.4) is 0 Å². The molecule has 21 heavy (non-hydrogen) atoms. The Kier molecular flexibility index (Phi) is 3.61. The van der Waals surface area contributed by atoms with Crippen molar-refractivity contribution in [3.05, 3.63) is 51.3 Å². The van der Waals surface area contributed by atoms with E-state index in [9.17, 15) is 4.79 Å². The van der Waals surface area contributed by atoms with Crippen molar-refractivity contribution in [1.29, 1.82) is 0 Å². The molecule has 1 aromatic carbocycles. The van der Waals surface area contributed by atoms with Crippen LogP contribution in [0.25, 0.3) is 10.9 Å². The van der Waals surface area contributed by atoms with E-state index in [4.69, 9.17) is 17.3 Å². The molecule has 3 aromatic rings. The fraction of sp³-hybridized carbons (Fsp3) is 0.133. The number of H-pyrrole nitrogens is 1. The molecule has 0 aliphatic heterocycles. The minimum atomic E-state index is -0.0450. The molecule has 0 unspecified atom stereocenters. The fourth-order valence-corrected chi connectivity index (χ4v) is 3.40. The van der Waals surface area contributed by atoms with E-state index in [1.807, 2.05) is 30.3 Å². The second-order valence-corrected chi connectivity index (χ2v) is 6.67. The number of nitrogens with one attached hydrogen (secondary N) is 1. The van der Waals surface area contributed by atoms with Gasteiger partial charge in [0.15, 0.2) is 0 Å².